The van der Waals surface area contributed by atoms with Crippen LogP contribution in [0, 0.1) is 0 Å². The Hall–Kier alpha value is -2.28. The Morgan fingerprint density at radius 3 is 2.85 bits per heavy atom. The van der Waals surface area contributed by atoms with E-state index < -0.39 is 0 Å². The first-order valence-electron chi connectivity index (χ1n) is 8.35. The summed E-state index contributed by atoms with van der Waals surface area (Å²) in [6, 6.07) is 13.2. The Morgan fingerprint density at radius 1 is 1.23 bits per heavy atom. The second-order valence-corrected chi connectivity index (χ2v) is 7.67. The van der Waals surface area contributed by atoms with E-state index >= 15 is 0 Å². The zero-order chi connectivity index (χ0) is 17.9. The van der Waals surface area contributed by atoms with Crippen LogP contribution in [-0.2, 0) is 19.5 Å². The average molecular weight is 385 g/mol. The van der Waals surface area contributed by atoms with Gasteiger partial charge in [-0.15, -0.1) is 11.3 Å². The number of nitrogens with zero attached hydrogens (tertiary/aromatic N) is 3. The number of halogens is 1. The monoisotopic (exact) mass is 384 g/mol. The zero-order valence-electron chi connectivity index (χ0n) is 14.0. The van der Waals surface area contributed by atoms with Crippen molar-refractivity contribution in [3.63, 3.8) is 0 Å². The van der Waals surface area contributed by atoms with Crippen molar-refractivity contribution < 1.29 is 4.79 Å². The third-order valence-corrected chi connectivity index (χ3v) is 5.50. The summed E-state index contributed by atoms with van der Waals surface area (Å²) < 4.78 is 0. The van der Waals surface area contributed by atoms with Gasteiger partial charge in [0.1, 0.15) is 5.69 Å². The Bertz CT molecular complexity index is 911. The largest absolute Gasteiger partial charge is 0.296 e. The van der Waals surface area contributed by atoms with Crippen LogP contribution in [0.15, 0.2) is 48.7 Å². The molecule has 3 heterocycles. The van der Waals surface area contributed by atoms with Gasteiger partial charge in [0, 0.05) is 42.2 Å². The molecule has 132 valence electrons. The topological polar surface area (TPSA) is 58.1 Å². The number of nitrogens with one attached hydrogen (secondary N) is 1. The summed E-state index contributed by atoms with van der Waals surface area (Å²) in [5, 5.41) is 4.25. The van der Waals surface area contributed by atoms with Crippen LogP contribution in [0.2, 0.25) is 5.02 Å². The highest BCUT2D eigenvalue weighted by Gasteiger charge is 2.21. The first kappa shape index (κ1) is 17.1. The molecule has 0 bridgehead atoms. The quantitative estimate of drug-likeness (QED) is 0.738. The fourth-order valence-corrected chi connectivity index (χ4v) is 4.11. The Balaban J connectivity index is 1.42. The SMILES string of the molecule is O=C(Nc1nc2c(s1)CN(Cc1ccc(Cl)cc1)CC2)c1ccccn1. The maximum absolute atomic E-state index is 12.2. The van der Waals surface area contributed by atoms with E-state index in [0.717, 1.165) is 36.8 Å². The molecule has 1 N–H and O–H groups in total. The lowest BCUT2D eigenvalue weighted by molar-refractivity contribution is 0.102. The van der Waals surface area contributed by atoms with Gasteiger partial charge in [0.15, 0.2) is 5.13 Å². The molecule has 2 aromatic heterocycles. The predicted octanol–water partition coefficient (Wildman–Crippen LogP) is 4.00. The van der Waals surface area contributed by atoms with Crippen LogP contribution in [0.3, 0.4) is 0 Å². The van der Waals surface area contributed by atoms with Gasteiger partial charge in [-0.1, -0.05) is 29.8 Å². The number of thiazole rings is 1. The second-order valence-electron chi connectivity index (χ2n) is 6.15. The van der Waals surface area contributed by atoms with Crippen molar-refractivity contribution >= 4 is 34.0 Å². The van der Waals surface area contributed by atoms with E-state index in [1.165, 1.54) is 10.4 Å². The van der Waals surface area contributed by atoms with Crippen molar-refractivity contribution in [3.8, 4) is 0 Å². The highest BCUT2D eigenvalue weighted by Crippen LogP contribution is 2.29. The molecule has 1 aliphatic heterocycles. The van der Waals surface area contributed by atoms with Gasteiger partial charge in [0.25, 0.3) is 5.91 Å². The Labute approximate surface area is 160 Å². The summed E-state index contributed by atoms with van der Waals surface area (Å²) in [6.45, 7) is 2.67. The standard InChI is InChI=1S/C19H17ClN4OS/c20-14-6-4-13(5-7-14)11-24-10-8-15-17(12-24)26-19(22-15)23-18(25)16-3-1-2-9-21-16/h1-7,9H,8,10-12H2,(H,22,23,25). The molecule has 0 atom stereocenters. The number of benzene rings is 1. The molecule has 1 aromatic carbocycles. The molecule has 1 aliphatic rings. The van der Waals surface area contributed by atoms with Crippen molar-refractivity contribution in [1.29, 1.82) is 0 Å². The summed E-state index contributed by atoms with van der Waals surface area (Å²) in [5.74, 6) is -0.227. The zero-order valence-corrected chi connectivity index (χ0v) is 15.6. The number of anilines is 1. The van der Waals surface area contributed by atoms with Gasteiger partial charge in [-0.05, 0) is 29.8 Å². The molecule has 0 radical (unpaired) electrons. The number of fused-ring (bicyclic) bond motifs is 1. The third-order valence-electron chi connectivity index (χ3n) is 4.25. The fourth-order valence-electron chi connectivity index (χ4n) is 2.94. The van der Waals surface area contributed by atoms with Crippen LogP contribution in [0.25, 0.3) is 0 Å². The summed E-state index contributed by atoms with van der Waals surface area (Å²) in [5.41, 5.74) is 2.72. The van der Waals surface area contributed by atoms with Gasteiger partial charge in [0.05, 0.1) is 5.69 Å². The van der Waals surface area contributed by atoms with Gasteiger partial charge in [-0.2, -0.15) is 0 Å². The Kier molecular flexibility index (Phi) is 4.97. The van der Waals surface area contributed by atoms with E-state index in [4.69, 9.17) is 11.6 Å². The normalized spacial score (nSPS) is 14.0. The van der Waals surface area contributed by atoms with Crippen molar-refractivity contribution in [2.75, 3.05) is 11.9 Å². The summed E-state index contributed by atoms with van der Waals surface area (Å²) in [4.78, 5) is 24.5. The van der Waals surface area contributed by atoms with E-state index in [0.29, 0.717) is 10.8 Å². The predicted molar refractivity (Wildman–Crippen MR) is 104 cm³/mol. The van der Waals surface area contributed by atoms with Crippen LogP contribution in [-0.4, -0.2) is 27.3 Å². The first-order valence-corrected chi connectivity index (χ1v) is 9.54. The molecule has 3 aromatic rings. The van der Waals surface area contributed by atoms with Gasteiger partial charge < -0.3 is 0 Å². The minimum Gasteiger partial charge on any atom is -0.296 e. The first-order chi connectivity index (χ1) is 12.7. The third kappa shape index (κ3) is 3.93. The molecule has 0 unspecified atom stereocenters. The number of hydrogen-bond donors (Lipinski definition) is 1. The second kappa shape index (κ2) is 7.53. The number of carbonyl (C=O) groups is 1. The lowest BCUT2D eigenvalue weighted by Gasteiger charge is -2.25. The molecule has 0 spiro atoms. The van der Waals surface area contributed by atoms with E-state index in [2.05, 4.69) is 32.3 Å². The Morgan fingerprint density at radius 2 is 2.08 bits per heavy atom. The van der Waals surface area contributed by atoms with E-state index in [9.17, 15) is 4.79 Å². The van der Waals surface area contributed by atoms with Gasteiger partial charge in [-0.25, -0.2) is 4.98 Å². The number of hydrogen-bond acceptors (Lipinski definition) is 5. The van der Waals surface area contributed by atoms with Crippen molar-refractivity contribution in [2.24, 2.45) is 0 Å². The molecule has 26 heavy (non-hydrogen) atoms. The van der Waals surface area contributed by atoms with E-state index in [-0.39, 0.29) is 5.91 Å². The van der Waals surface area contributed by atoms with Gasteiger partial charge in [-0.3, -0.25) is 20.0 Å². The minimum absolute atomic E-state index is 0.227. The summed E-state index contributed by atoms with van der Waals surface area (Å²) >= 11 is 7.49. The number of carbonyl (C=O) groups excluding carboxylic acids is 1. The summed E-state index contributed by atoms with van der Waals surface area (Å²) in [6.07, 6.45) is 2.50. The maximum atomic E-state index is 12.2. The average Bonchev–Trinajstić information content (AvgIpc) is 3.06. The highest BCUT2D eigenvalue weighted by atomic mass is 35.5. The van der Waals surface area contributed by atoms with Crippen LogP contribution in [0.5, 0.6) is 0 Å². The van der Waals surface area contributed by atoms with Crippen LogP contribution in [0.1, 0.15) is 26.6 Å². The minimum atomic E-state index is -0.227. The van der Waals surface area contributed by atoms with Crippen LogP contribution < -0.4 is 5.32 Å². The summed E-state index contributed by atoms with van der Waals surface area (Å²) in [7, 11) is 0. The molecular formula is C19H17ClN4OS. The van der Waals surface area contributed by atoms with Crippen molar-refractivity contribution in [3.05, 3.63) is 75.5 Å². The molecule has 4 rings (SSSR count). The maximum Gasteiger partial charge on any atom is 0.276 e. The number of amides is 1. The molecule has 5 nitrogen and oxygen atoms in total. The van der Waals surface area contributed by atoms with E-state index in [1.807, 2.05) is 12.1 Å². The number of rotatable bonds is 4. The van der Waals surface area contributed by atoms with Crippen molar-refractivity contribution in [2.45, 2.75) is 19.5 Å². The van der Waals surface area contributed by atoms with Gasteiger partial charge in [0.2, 0.25) is 0 Å². The molecule has 7 heteroatoms. The van der Waals surface area contributed by atoms with Crippen LogP contribution in [0.4, 0.5) is 5.13 Å². The number of aromatic nitrogens is 2. The van der Waals surface area contributed by atoms with E-state index in [1.54, 1.807) is 35.7 Å². The molecule has 0 saturated carbocycles. The molecule has 0 fully saturated rings. The number of pyridine rings is 1. The smallest absolute Gasteiger partial charge is 0.276 e. The molecule has 0 aliphatic carbocycles. The van der Waals surface area contributed by atoms with Crippen molar-refractivity contribution in [1.82, 2.24) is 14.9 Å². The fraction of sp³-hybridized carbons (Fsp3) is 0.211. The van der Waals surface area contributed by atoms with Gasteiger partial charge >= 0.3 is 0 Å². The molecule has 0 saturated heterocycles. The molecular weight excluding hydrogens is 368 g/mol. The lowest BCUT2D eigenvalue weighted by Crippen LogP contribution is -2.29. The lowest BCUT2D eigenvalue weighted by atomic mass is 10.1. The highest BCUT2D eigenvalue weighted by molar-refractivity contribution is 7.15. The molecule has 1 amide bonds. The van der Waals surface area contributed by atoms with Crippen LogP contribution >= 0.6 is 22.9 Å².